The van der Waals surface area contributed by atoms with E-state index in [0.29, 0.717) is 18.2 Å². The fraction of sp³-hybridized carbons (Fsp3) is 0.0667. The van der Waals surface area contributed by atoms with E-state index in [1.807, 2.05) is 60.7 Å². The van der Waals surface area contributed by atoms with Gasteiger partial charge >= 0.3 is 0 Å². The van der Waals surface area contributed by atoms with E-state index < -0.39 is 0 Å². The van der Waals surface area contributed by atoms with E-state index in [4.69, 9.17) is 15.7 Å². The minimum absolute atomic E-state index is 0.457. The Morgan fingerprint density at radius 2 is 1.09 bits per heavy atom. The lowest BCUT2D eigenvalue weighted by atomic mass is 9.92. The molecule has 0 heterocycles. The van der Waals surface area contributed by atoms with E-state index in [2.05, 4.69) is 55.5 Å². The SMILES string of the molecule is Cc1c(C/N=C(\N=C(/N)c2ccccc2)c2ccccc2)c2ccccc2c2ccccc12. The van der Waals surface area contributed by atoms with Gasteiger partial charge in [0.25, 0.3) is 0 Å². The summed E-state index contributed by atoms with van der Waals surface area (Å²) >= 11 is 0. The van der Waals surface area contributed by atoms with Gasteiger partial charge < -0.3 is 5.73 Å². The normalized spacial score (nSPS) is 12.4. The largest absolute Gasteiger partial charge is 0.383 e. The van der Waals surface area contributed by atoms with Crippen LogP contribution in [0, 0.1) is 6.92 Å². The Balaban J connectivity index is 1.65. The van der Waals surface area contributed by atoms with Crippen molar-refractivity contribution in [3.63, 3.8) is 0 Å². The van der Waals surface area contributed by atoms with E-state index in [9.17, 15) is 0 Å². The summed E-state index contributed by atoms with van der Waals surface area (Å²) in [7, 11) is 0. The molecule has 5 aromatic rings. The van der Waals surface area contributed by atoms with Crippen molar-refractivity contribution < 1.29 is 0 Å². The van der Waals surface area contributed by atoms with Crippen molar-refractivity contribution in [2.45, 2.75) is 13.5 Å². The number of hydrogen-bond acceptors (Lipinski definition) is 1. The van der Waals surface area contributed by atoms with Crippen molar-refractivity contribution in [3.05, 3.63) is 131 Å². The average Bonchev–Trinajstić information content (AvgIpc) is 2.89. The number of benzene rings is 5. The zero-order valence-electron chi connectivity index (χ0n) is 18.6. The minimum Gasteiger partial charge on any atom is -0.383 e. The summed E-state index contributed by atoms with van der Waals surface area (Å²) in [6.45, 7) is 2.70. The smallest absolute Gasteiger partial charge is 0.157 e. The number of nitrogens with two attached hydrogens (primary N) is 1. The summed E-state index contributed by atoms with van der Waals surface area (Å²) in [4.78, 5) is 9.75. The van der Waals surface area contributed by atoms with Crippen LogP contribution in [0.2, 0.25) is 0 Å². The Kier molecular flexibility index (Phi) is 5.69. The second kappa shape index (κ2) is 9.09. The highest BCUT2D eigenvalue weighted by molar-refractivity contribution is 6.12. The van der Waals surface area contributed by atoms with Crippen LogP contribution in [0.3, 0.4) is 0 Å². The number of aliphatic imine (C=N–C) groups is 2. The Hall–Kier alpha value is -4.24. The third kappa shape index (κ3) is 4.13. The molecule has 5 rings (SSSR count). The van der Waals surface area contributed by atoms with E-state index in [1.54, 1.807) is 0 Å². The van der Waals surface area contributed by atoms with Crippen LogP contribution in [0.1, 0.15) is 22.3 Å². The minimum atomic E-state index is 0.457. The van der Waals surface area contributed by atoms with Gasteiger partial charge in [0.2, 0.25) is 0 Å². The summed E-state index contributed by atoms with van der Waals surface area (Å²) in [6, 6.07) is 37.0. The molecule has 3 heteroatoms. The number of rotatable bonds is 4. The second-order valence-corrected chi connectivity index (χ2v) is 8.06. The molecule has 0 radical (unpaired) electrons. The molecule has 0 fully saturated rings. The maximum absolute atomic E-state index is 6.37. The van der Waals surface area contributed by atoms with Crippen LogP contribution in [-0.2, 0) is 6.54 Å². The van der Waals surface area contributed by atoms with Crippen molar-refractivity contribution in [3.8, 4) is 0 Å². The quantitative estimate of drug-likeness (QED) is 0.195. The van der Waals surface area contributed by atoms with Crippen molar-refractivity contribution in [1.29, 1.82) is 0 Å². The molecule has 0 aliphatic heterocycles. The third-order valence-electron chi connectivity index (χ3n) is 6.04. The molecule has 160 valence electrons. The molecule has 0 atom stereocenters. The second-order valence-electron chi connectivity index (χ2n) is 8.06. The molecule has 3 nitrogen and oxygen atoms in total. The number of amidine groups is 2. The topological polar surface area (TPSA) is 50.7 Å². The van der Waals surface area contributed by atoms with Gasteiger partial charge in [-0.2, -0.15) is 0 Å². The van der Waals surface area contributed by atoms with Crippen LogP contribution in [0.5, 0.6) is 0 Å². The highest BCUT2D eigenvalue weighted by Gasteiger charge is 2.12. The highest BCUT2D eigenvalue weighted by atomic mass is 15.0. The Morgan fingerprint density at radius 3 is 1.73 bits per heavy atom. The zero-order valence-corrected chi connectivity index (χ0v) is 18.6. The fourth-order valence-corrected chi connectivity index (χ4v) is 4.31. The Labute approximate surface area is 193 Å². The first-order valence-electron chi connectivity index (χ1n) is 11.1. The zero-order chi connectivity index (χ0) is 22.6. The van der Waals surface area contributed by atoms with Crippen molar-refractivity contribution in [2.75, 3.05) is 0 Å². The van der Waals surface area contributed by atoms with Crippen LogP contribution in [0.25, 0.3) is 21.5 Å². The first-order chi connectivity index (χ1) is 16.2. The monoisotopic (exact) mass is 427 g/mol. The Bertz CT molecular complexity index is 1480. The first kappa shape index (κ1) is 20.7. The van der Waals surface area contributed by atoms with Crippen LogP contribution in [-0.4, -0.2) is 11.7 Å². The average molecular weight is 428 g/mol. The molecular weight excluding hydrogens is 402 g/mol. The van der Waals surface area contributed by atoms with E-state index in [-0.39, 0.29) is 0 Å². The van der Waals surface area contributed by atoms with Crippen molar-refractivity contribution in [2.24, 2.45) is 15.7 Å². The summed E-state index contributed by atoms with van der Waals surface area (Å²) in [5.74, 6) is 1.09. The summed E-state index contributed by atoms with van der Waals surface area (Å²) in [6.07, 6.45) is 0. The molecule has 0 saturated heterocycles. The highest BCUT2D eigenvalue weighted by Crippen LogP contribution is 2.33. The van der Waals surface area contributed by atoms with E-state index >= 15 is 0 Å². The van der Waals surface area contributed by atoms with Crippen LogP contribution in [0.15, 0.2) is 119 Å². The van der Waals surface area contributed by atoms with Gasteiger partial charge in [-0.05, 0) is 39.6 Å². The van der Waals surface area contributed by atoms with Crippen LogP contribution >= 0.6 is 0 Å². The molecular formula is C30H25N3. The summed E-state index contributed by atoms with van der Waals surface area (Å²) < 4.78 is 0. The van der Waals surface area contributed by atoms with Crippen LogP contribution in [0.4, 0.5) is 0 Å². The fourth-order valence-electron chi connectivity index (χ4n) is 4.31. The Morgan fingerprint density at radius 1 is 0.606 bits per heavy atom. The number of hydrogen-bond donors (Lipinski definition) is 1. The molecule has 0 amide bonds. The van der Waals surface area contributed by atoms with E-state index in [0.717, 1.165) is 11.1 Å². The molecule has 5 aromatic carbocycles. The maximum Gasteiger partial charge on any atom is 0.157 e. The molecule has 0 bridgehead atoms. The standard InChI is InChI=1S/C30H25N3/c1-21-24-16-8-9-17-25(24)26-18-10-11-19-27(26)28(21)20-32-30(23-14-6-3-7-15-23)33-29(31)22-12-4-2-5-13-22/h2-19H,20H2,1H3,(H2,31,32,33). The lowest BCUT2D eigenvalue weighted by Gasteiger charge is -2.14. The predicted octanol–water partition coefficient (Wildman–Crippen LogP) is 6.65. The van der Waals surface area contributed by atoms with Gasteiger partial charge in [-0.3, -0.25) is 4.99 Å². The summed E-state index contributed by atoms with van der Waals surface area (Å²) in [5, 5.41) is 5.00. The van der Waals surface area contributed by atoms with Gasteiger partial charge in [0.05, 0.1) is 6.54 Å². The van der Waals surface area contributed by atoms with Gasteiger partial charge in [0.15, 0.2) is 5.84 Å². The van der Waals surface area contributed by atoms with Gasteiger partial charge in [-0.1, -0.05) is 109 Å². The lowest BCUT2D eigenvalue weighted by molar-refractivity contribution is 1.06. The molecule has 0 aliphatic rings. The number of fused-ring (bicyclic) bond motifs is 3. The van der Waals surface area contributed by atoms with Gasteiger partial charge in [-0.25, -0.2) is 4.99 Å². The molecule has 0 aromatic heterocycles. The van der Waals surface area contributed by atoms with E-state index in [1.165, 1.54) is 32.7 Å². The van der Waals surface area contributed by atoms with Crippen molar-refractivity contribution >= 4 is 33.2 Å². The molecule has 0 aliphatic carbocycles. The number of nitrogens with zero attached hydrogens (tertiary/aromatic N) is 2. The molecule has 0 unspecified atom stereocenters. The lowest BCUT2D eigenvalue weighted by Crippen LogP contribution is -2.16. The van der Waals surface area contributed by atoms with Crippen LogP contribution < -0.4 is 5.73 Å². The van der Waals surface area contributed by atoms with Crippen molar-refractivity contribution in [1.82, 2.24) is 0 Å². The number of aryl methyl sites for hydroxylation is 1. The predicted molar refractivity (Wildman–Crippen MR) is 140 cm³/mol. The molecule has 33 heavy (non-hydrogen) atoms. The van der Waals surface area contributed by atoms with Gasteiger partial charge in [0.1, 0.15) is 5.84 Å². The third-order valence-corrected chi connectivity index (χ3v) is 6.04. The van der Waals surface area contributed by atoms with Gasteiger partial charge in [-0.15, -0.1) is 0 Å². The summed E-state index contributed by atoms with van der Waals surface area (Å²) in [5.41, 5.74) is 10.7. The maximum atomic E-state index is 6.37. The van der Waals surface area contributed by atoms with Gasteiger partial charge in [0, 0.05) is 11.1 Å². The molecule has 0 saturated carbocycles. The first-order valence-corrected chi connectivity index (χ1v) is 11.1. The molecule has 0 spiro atoms. The molecule has 2 N–H and O–H groups in total.